The number of benzene rings is 1. The maximum absolute atomic E-state index is 13.8. The summed E-state index contributed by atoms with van der Waals surface area (Å²) < 4.78 is 55.6. The Labute approximate surface area is 191 Å². The first-order valence-corrected chi connectivity index (χ1v) is 11.7. The molecule has 5 nitrogen and oxygen atoms in total. The molecule has 1 aromatic carbocycles. The summed E-state index contributed by atoms with van der Waals surface area (Å²) in [6, 6.07) is 3.10. The summed E-state index contributed by atoms with van der Waals surface area (Å²) in [6.07, 6.45) is 1.85. The predicted octanol–water partition coefficient (Wildman–Crippen LogP) is 5.37. The molecule has 2 aliphatic rings. The van der Waals surface area contributed by atoms with Gasteiger partial charge in [0.2, 0.25) is 0 Å². The van der Waals surface area contributed by atoms with E-state index in [0.29, 0.717) is 18.0 Å². The van der Waals surface area contributed by atoms with Crippen molar-refractivity contribution in [1.29, 1.82) is 5.41 Å². The molecule has 33 heavy (non-hydrogen) atoms. The summed E-state index contributed by atoms with van der Waals surface area (Å²) in [5, 5.41) is 8.09. The fraction of sp³-hybridized carbons (Fsp3) is 0.583. The highest BCUT2D eigenvalue weighted by molar-refractivity contribution is 5.78. The Hall–Kier alpha value is -2.42. The van der Waals surface area contributed by atoms with Crippen LogP contribution in [0.5, 0.6) is 0 Å². The minimum atomic E-state index is -4.75. The first-order chi connectivity index (χ1) is 15.8. The molecular formula is C24H31F4N5. The molecule has 0 saturated carbocycles. The first-order valence-electron chi connectivity index (χ1n) is 11.7. The van der Waals surface area contributed by atoms with Crippen LogP contribution in [0.3, 0.4) is 0 Å². The minimum Gasteiger partial charge on any atom is -0.361 e. The van der Waals surface area contributed by atoms with E-state index in [0.717, 1.165) is 70.1 Å². The van der Waals surface area contributed by atoms with E-state index in [9.17, 15) is 17.6 Å². The Morgan fingerprint density at radius 1 is 1.09 bits per heavy atom. The summed E-state index contributed by atoms with van der Waals surface area (Å²) >= 11 is 0. The van der Waals surface area contributed by atoms with Gasteiger partial charge in [-0.3, -0.25) is 5.41 Å². The molecule has 0 bridgehead atoms. The highest BCUT2D eigenvalue weighted by atomic mass is 19.4. The molecule has 2 saturated heterocycles. The average molecular weight is 466 g/mol. The number of likely N-dealkylation sites (tertiary alicyclic amines) is 2. The number of nitrogens with one attached hydrogen (secondary N) is 1. The standard InChI is InChI=1S/C24H31F4N5/c1-2-22(29)32-11-7-17(8-12-32)23-30-21(16-33(23)14-13-31-9-3-4-10-31)18-5-6-20(25)19(15-18)24(26,27)28/h5-6,15-17,29H,2-4,7-14H2,1H3. The molecule has 0 aliphatic carbocycles. The van der Waals surface area contributed by atoms with Crippen LogP contribution in [-0.4, -0.2) is 57.9 Å². The number of rotatable bonds is 6. The van der Waals surface area contributed by atoms with Crippen LogP contribution in [0, 0.1) is 11.2 Å². The van der Waals surface area contributed by atoms with Crippen molar-refractivity contribution in [1.82, 2.24) is 19.4 Å². The van der Waals surface area contributed by atoms with E-state index in [2.05, 4.69) is 14.4 Å². The fourth-order valence-electron chi connectivity index (χ4n) is 4.86. The number of hydrogen-bond acceptors (Lipinski definition) is 3. The molecule has 2 aromatic rings. The molecule has 2 fully saturated rings. The SMILES string of the molecule is CCC(=N)N1CCC(c2nc(-c3ccc(F)c(C(F)(F)F)c3)cn2CCN2CCCC2)CC1. The third-order valence-electron chi connectivity index (χ3n) is 6.81. The van der Waals surface area contributed by atoms with Crippen LogP contribution >= 0.6 is 0 Å². The van der Waals surface area contributed by atoms with Crippen molar-refractivity contribution < 1.29 is 17.6 Å². The van der Waals surface area contributed by atoms with Gasteiger partial charge in [0.25, 0.3) is 0 Å². The van der Waals surface area contributed by atoms with Gasteiger partial charge in [-0.15, -0.1) is 0 Å². The van der Waals surface area contributed by atoms with Gasteiger partial charge in [0.05, 0.1) is 17.1 Å². The van der Waals surface area contributed by atoms with Gasteiger partial charge in [-0.25, -0.2) is 9.37 Å². The second kappa shape index (κ2) is 9.83. The number of alkyl halides is 3. The second-order valence-electron chi connectivity index (χ2n) is 8.98. The van der Waals surface area contributed by atoms with Gasteiger partial charge in [-0.2, -0.15) is 13.2 Å². The van der Waals surface area contributed by atoms with Gasteiger partial charge in [-0.05, 0) is 57.0 Å². The largest absolute Gasteiger partial charge is 0.419 e. The zero-order valence-corrected chi connectivity index (χ0v) is 19.0. The van der Waals surface area contributed by atoms with Gasteiger partial charge in [0.15, 0.2) is 0 Å². The lowest BCUT2D eigenvalue weighted by atomic mass is 9.95. The Kier molecular flexibility index (Phi) is 7.07. The first kappa shape index (κ1) is 23.7. The summed E-state index contributed by atoms with van der Waals surface area (Å²) in [4.78, 5) is 9.26. The van der Waals surface area contributed by atoms with Gasteiger partial charge >= 0.3 is 6.18 Å². The molecule has 2 aliphatic heterocycles. The van der Waals surface area contributed by atoms with Crippen molar-refractivity contribution in [3.05, 3.63) is 41.6 Å². The molecule has 0 atom stereocenters. The number of piperidine rings is 1. The average Bonchev–Trinajstić information content (AvgIpc) is 3.47. The number of amidine groups is 1. The molecular weight excluding hydrogens is 434 g/mol. The highest BCUT2D eigenvalue weighted by Gasteiger charge is 2.34. The number of hydrogen-bond donors (Lipinski definition) is 1. The quantitative estimate of drug-likeness (QED) is 0.355. The summed E-state index contributed by atoms with van der Waals surface area (Å²) in [5.41, 5.74) is -0.546. The van der Waals surface area contributed by atoms with Gasteiger partial charge in [0, 0.05) is 50.3 Å². The lowest BCUT2D eigenvalue weighted by Gasteiger charge is -2.33. The predicted molar refractivity (Wildman–Crippen MR) is 120 cm³/mol. The summed E-state index contributed by atoms with van der Waals surface area (Å²) in [6.45, 7) is 7.27. The van der Waals surface area contributed by atoms with E-state index in [4.69, 9.17) is 10.4 Å². The molecule has 180 valence electrons. The monoisotopic (exact) mass is 465 g/mol. The van der Waals surface area contributed by atoms with E-state index in [-0.39, 0.29) is 11.5 Å². The van der Waals surface area contributed by atoms with Crippen molar-refractivity contribution in [2.24, 2.45) is 0 Å². The Morgan fingerprint density at radius 3 is 2.42 bits per heavy atom. The summed E-state index contributed by atoms with van der Waals surface area (Å²) in [7, 11) is 0. The van der Waals surface area contributed by atoms with Crippen LogP contribution in [0.2, 0.25) is 0 Å². The van der Waals surface area contributed by atoms with E-state index in [1.807, 2.05) is 13.1 Å². The molecule has 9 heteroatoms. The number of nitrogens with zero attached hydrogens (tertiary/aromatic N) is 4. The van der Waals surface area contributed by atoms with E-state index < -0.39 is 17.6 Å². The lowest BCUT2D eigenvalue weighted by molar-refractivity contribution is -0.139. The van der Waals surface area contributed by atoms with E-state index >= 15 is 0 Å². The van der Waals surface area contributed by atoms with Crippen molar-refractivity contribution in [2.45, 2.75) is 57.7 Å². The Balaban J connectivity index is 1.60. The minimum absolute atomic E-state index is 0.181. The number of halogens is 4. The zero-order valence-electron chi connectivity index (χ0n) is 19.0. The van der Waals surface area contributed by atoms with E-state index in [1.54, 1.807) is 0 Å². The fourth-order valence-corrected chi connectivity index (χ4v) is 4.86. The van der Waals surface area contributed by atoms with Crippen LogP contribution in [0.4, 0.5) is 17.6 Å². The molecule has 3 heterocycles. The Bertz CT molecular complexity index is 970. The van der Waals surface area contributed by atoms with Crippen LogP contribution in [0.25, 0.3) is 11.3 Å². The smallest absolute Gasteiger partial charge is 0.361 e. The van der Waals surface area contributed by atoms with Crippen LogP contribution in [-0.2, 0) is 12.7 Å². The van der Waals surface area contributed by atoms with Crippen molar-refractivity contribution in [2.75, 3.05) is 32.7 Å². The van der Waals surface area contributed by atoms with Gasteiger partial charge in [0.1, 0.15) is 11.6 Å². The molecule has 1 aromatic heterocycles. The third kappa shape index (κ3) is 5.39. The molecule has 0 spiro atoms. The second-order valence-corrected chi connectivity index (χ2v) is 8.98. The van der Waals surface area contributed by atoms with Crippen LogP contribution in [0.15, 0.2) is 24.4 Å². The third-order valence-corrected chi connectivity index (χ3v) is 6.81. The molecule has 0 unspecified atom stereocenters. The van der Waals surface area contributed by atoms with Crippen molar-refractivity contribution in [3.63, 3.8) is 0 Å². The maximum Gasteiger partial charge on any atom is 0.419 e. The molecule has 1 N–H and O–H groups in total. The lowest BCUT2D eigenvalue weighted by Crippen LogP contribution is -2.37. The molecule has 0 radical (unpaired) electrons. The molecule has 0 amide bonds. The van der Waals surface area contributed by atoms with E-state index in [1.165, 1.54) is 18.9 Å². The maximum atomic E-state index is 13.8. The zero-order chi connectivity index (χ0) is 23.6. The number of aromatic nitrogens is 2. The van der Waals surface area contributed by atoms with Gasteiger partial charge < -0.3 is 14.4 Å². The topological polar surface area (TPSA) is 48.2 Å². The normalized spacial score (nSPS) is 18.3. The van der Waals surface area contributed by atoms with Crippen molar-refractivity contribution >= 4 is 5.84 Å². The summed E-state index contributed by atoms with van der Waals surface area (Å²) in [5.74, 6) is 0.425. The van der Waals surface area contributed by atoms with Crippen LogP contribution in [0.1, 0.15) is 56.3 Å². The highest BCUT2D eigenvalue weighted by Crippen LogP contribution is 2.35. The van der Waals surface area contributed by atoms with Gasteiger partial charge in [-0.1, -0.05) is 6.92 Å². The molecule has 4 rings (SSSR count). The number of imidazole rings is 1. The van der Waals surface area contributed by atoms with Crippen molar-refractivity contribution in [3.8, 4) is 11.3 Å². The Morgan fingerprint density at radius 2 is 1.79 bits per heavy atom. The van der Waals surface area contributed by atoms with Crippen LogP contribution < -0.4 is 0 Å².